The van der Waals surface area contributed by atoms with Gasteiger partial charge in [-0.2, -0.15) is 0 Å². The number of ether oxygens (including phenoxy) is 1. The van der Waals surface area contributed by atoms with Crippen LogP contribution in [0.1, 0.15) is 11.7 Å². The highest BCUT2D eigenvalue weighted by Crippen LogP contribution is 2.25. The average Bonchev–Trinajstić information content (AvgIpc) is 2.53. The van der Waals surface area contributed by atoms with E-state index in [2.05, 4.69) is 6.07 Å². The van der Waals surface area contributed by atoms with Crippen molar-refractivity contribution in [3.63, 3.8) is 0 Å². The number of benzene rings is 3. The van der Waals surface area contributed by atoms with Crippen molar-refractivity contribution in [1.82, 2.24) is 0 Å². The predicted octanol–water partition coefficient (Wildman–Crippen LogP) is 4.06. The second kappa shape index (κ2) is 5.94. The van der Waals surface area contributed by atoms with Crippen molar-refractivity contribution in [2.45, 2.75) is 6.10 Å². The Balaban J connectivity index is 1.86. The van der Waals surface area contributed by atoms with E-state index in [1.54, 1.807) is 12.1 Å². The fraction of sp³-hybridized carbons (Fsp3) is 0.111. The van der Waals surface area contributed by atoms with E-state index in [1.165, 1.54) is 12.1 Å². The van der Waals surface area contributed by atoms with Crippen LogP contribution in [0.3, 0.4) is 0 Å². The summed E-state index contributed by atoms with van der Waals surface area (Å²) in [5.41, 5.74) is 6.65. The van der Waals surface area contributed by atoms with Crippen LogP contribution in [-0.4, -0.2) is 6.54 Å². The Bertz CT molecular complexity index is 740. The SMILES string of the molecule is NCC(Oc1ccc2ccccc2c1)c1ccc(F)cc1. The van der Waals surface area contributed by atoms with Crippen LogP contribution >= 0.6 is 0 Å². The van der Waals surface area contributed by atoms with Gasteiger partial charge in [-0.1, -0.05) is 42.5 Å². The zero-order chi connectivity index (χ0) is 14.7. The Morgan fingerprint density at radius 1 is 0.905 bits per heavy atom. The third kappa shape index (κ3) is 3.03. The standard InChI is InChI=1S/C18H16FNO/c19-16-8-5-14(6-9-16)18(12-20)21-17-10-7-13-3-1-2-4-15(13)11-17/h1-11,18H,12,20H2. The molecule has 0 spiro atoms. The maximum Gasteiger partial charge on any atom is 0.136 e. The van der Waals surface area contributed by atoms with Crippen LogP contribution in [0.4, 0.5) is 4.39 Å². The number of fused-ring (bicyclic) bond motifs is 1. The van der Waals surface area contributed by atoms with Crippen LogP contribution in [0.25, 0.3) is 10.8 Å². The molecule has 0 bridgehead atoms. The molecule has 0 aliphatic carbocycles. The Labute approximate surface area is 123 Å². The fourth-order valence-corrected chi connectivity index (χ4v) is 2.33. The summed E-state index contributed by atoms with van der Waals surface area (Å²) in [5.74, 6) is 0.494. The number of rotatable bonds is 4. The predicted molar refractivity (Wildman–Crippen MR) is 82.8 cm³/mol. The van der Waals surface area contributed by atoms with Gasteiger partial charge < -0.3 is 10.5 Å². The Hall–Kier alpha value is -2.39. The molecule has 106 valence electrons. The summed E-state index contributed by atoms with van der Waals surface area (Å²) in [6.07, 6.45) is -0.285. The second-order valence-corrected chi connectivity index (χ2v) is 4.90. The maximum absolute atomic E-state index is 13.0. The smallest absolute Gasteiger partial charge is 0.136 e. The van der Waals surface area contributed by atoms with Gasteiger partial charge in [-0.15, -0.1) is 0 Å². The molecule has 0 saturated heterocycles. The number of hydrogen-bond donors (Lipinski definition) is 1. The van der Waals surface area contributed by atoms with Crippen molar-refractivity contribution in [1.29, 1.82) is 0 Å². The lowest BCUT2D eigenvalue weighted by Gasteiger charge is -2.18. The van der Waals surface area contributed by atoms with Gasteiger partial charge in [0.1, 0.15) is 17.7 Å². The fourth-order valence-electron chi connectivity index (χ4n) is 2.33. The first-order valence-electron chi connectivity index (χ1n) is 6.87. The van der Waals surface area contributed by atoms with Crippen LogP contribution in [0.5, 0.6) is 5.75 Å². The van der Waals surface area contributed by atoms with Gasteiger partial charge in [0.2, 0.25) is 0 Å². The summed E-state index contributed by atoms with van der Waals surface area (Å²) < 4.78 is 18.9. The van der Waals surface area contributed by atoms with Crippen LogP contribution < -0.4 is 10.5 Å². The number of nitrogens with two attached hydrogens (primary N) is 1. The molecular formula is C18H16FNO. The van der Waals surface area contributed by atoms with Gasteiger partial charge in [-0.25, -0.2) is 4.39 Å². The summed E-state index contributed by atoms with van der Waals surface area (Å²) in [6.45, 7) is 0.332. The lowest BCUT2D eigenvalue weighted by Crippen LogP contribution is -2.18. The van der Waals surface area contributed by atoms with Crippen LogP contribution in [0.2, 0.25) is 0 Å². The summed E-state index contributed by atoms with van der Waals surface area (Å²) in [4.78, 5) is 0. The average molecular weight is 281 g/mol. The summed E-state index contributed by atoms with van der Waals surface area (Å²) in [6, 6.07) is 20.3. The zero-order valence-corrected chi connectivity index (χ0v) is 11.5. The Morgan fingerprint density at radius 3 is 2.33 bits per heavy atom. The van der Waals surface area contributed by atoms with Crippen LogP contribution in [0.15, 0.2) is 66.7 Å². The van der Waals surface area contributed by atoms with E-state index < -0.39 is 0 Å². The lowest BCUT2D eigenvalue weighted by atomic mass is 10.1. The highest BCUT2D eigenvalue weighted by molar-refractivity contribution is 5.83. The molecule has 0 aromatic heterocycles. The maximum atomic E-state index is 13.0. The van der Waals surface area contributed by atoms with Gasteiger partial charge in [0.25, 0.3) is 0 Å². The Morgan fingerprint density at radius 2 is 1.62 bits per heavy atom. The monoisotopic (exact) mass is 281 g/mol. The molecule has 2 nitrogen and oxygen atoms in total. The quantitative estimate of drug-likeness (QED) is 0.782. The topological polar surface area (TPSA) is 35.2 Å². The van der Waals surface area contributed by atoms with Gasteiger partial charge >= 0.3 is 0 Å². The molecule has 0 aliphatic heterocycles. The minimum absolute atomic E-state index is 0.264. The molecule has 1 atom stereocenters. The summed E-state index contributed by atoms with van der Waals surface area (Å²) in [5, 5.41) is 2.28. The number of hydrogen-bond acceptors (Lipinski definition) is 2. The van der Waals surface area contributed by atoms with E-state index >= 15 is 0 Å². The lowest BCUT2D eigenvalue weighted by molar-refractivity contribution is 0.214. The van der Waals surface area contributed by atoms with Gasteiger partial charge in [0.05, 0.1) is 0 Å². The van der Waals surface area contributed by atoms with E-state index in [-0.39, 0.29) is 11.9 Å². The second-order valence-electron chi connectivity index (χ2n) is 4.90. The van der Waals surface area contributed by atoms with Crippen LogP contribution in [-0.2, 0) is 0 Å². The highest BCUT2D eigenvalue weighted by atomic mass is 19.1. The molecule has 0 fully saturated rings. The van der Waals surface area contributed by atoms with Crippen molar-refractivity contribution in [2.75, 3.05) is 6.54 Å². The minimum Gasteiger partial charge on any atom is -0.484 e. The summed E-state index contributed by atoms with van der Waals surface area (Å²) >= 11 is 0. The van der Waals surface area contributed by atoms with E-state index in [0.717, 1.165) is 22.1 Å². The molecule has 0 saturated carbocycles. The van der Waals surface area contributed by atoms with Gasteiger partial charge in [-0.05, 0) is 40.6 Å². The van der Waals surface area contributed by atoms with Crippen molar-refractivity contribution in [2.24, 2.45) is 5.73 Å². The molecule has 3 heteroatoms. The molecular weight excluding hydrogens is 265 g/mol. The highest BCUT2D eigenvalue weighted by Gasteiger charge is 2.11. The molecule has 0 radical (unpaired) electrons. The van der Waals surface area contributed by atoms with Crippen molar-refractivity contribution in [3.8, 4) is 5.75 Å². The molecule has 3 rings (SSSR count). The van der Waals surface area contributed by atoms with E-state index in [1.807, 2.05) is 36.4 Å². The largest absolute Gasteiger partial charge is 0.484 e. The van der Waals surface area contributed by atoms with Crippen molar-refractivity contribution < 1.29 is 9.13 Å². The normalized spacial score (nSPS) is 12.3. The zero-order valence-electron chi connectivity index (χ0n) is 11.5. The molecule has 2 N–H and O–H groups in total. The molecule has 3 aromatic carbocycles. The van der Waals surface area contributed by atoms with E-state index in [0.29, 0.717) is 6.54 Å². The third-order valence-electron chi connectivity index (χ3n) is 3.46. The van der Waals surface area contributed by atoms with E-state index in [9.17, 15) is 4.39 Å². The minimum atomic E-state index is -0.285. The first-order chi connectivity index (χ1) is 10.3. The third-order valence-corrected chi connectivity index (χ3v) is 3.46. The molecule has 0 amide bonds. The molecule has 0 heterocycles. The van der Waals surface area contributed by atoms with E-state index in [4.69, 9.17) is 10.5 Å². The van der Waals surface area contributed by atoms with Gasteiger partial charge in [-0.3, -0.25) is 0 Å². The molecule has 1 unspecified atom stereocenters. The molecule has 3 aromatic rings. The van der Waals surface area contributed by atoms with Gasteiger partial charge in [0, 0.05) is 6.54 Å². The Kier molecular flexibility index (Phi) is 3.84. The molecule has 21 heavy (non-hydrogen) atoms. The van der Waals surface area contributed by atoms with Crippen molar-refractivity contribution >= 4 is 10.8 Å². The number of halogens is 1. The van der Waals surface area contributed by atoms with Crippen LogP contribution in [0, 0.1) is 5.82 Å². The summed E-state index contributed by atoms with van der Waals surface area (Å²) in [7, 11) is 0. The molecule has 0 aliphatic rings. The first-order valence-corrected chi connectivity index (χ1v) is 6.87. The van der Waals surface area contributed by atoms with Gasteiger partial charge in [0.15, 0.2) is 0 Å². The van der Waals surface area contributed by atoms with Crippen molar-refractivity contribution in [3.05, 3.63) is 78.1 Å². The first kappa shape index (κ1) is 13.6.